The Bertz CT molecular complexity index is 1740. The second-order valence-corrected chi connectivity index (χ2v) is 13.7. The van der Waals surface area contributed by atoms with Crippen molar-refractivity contribution < 1.29 is 38.6 Å². The van der Waals surface area contributed by atoms with Gasteiger partial charge in [0.15, 0.2) is 5.69 Å². The Hall–Kier alpha value is -4.56. The number of H-pyrrole nitrogens is 1. The molecule has 0 radical (unpaired) electrons. The largest absolute Gasteiger partial charge is 0.870 e. The van der Waals surface area contributed by atoms with Crippen LogP contribution in [-0.2, 0) is 12.8 Å². The average Bonchev–Trinajstić information content (AvgIpc) is 3.61. The van der Waals surface area contributed by atoms with Crippen LogP contribution >= 0.6 is 0 Å². The minimum Gasteiger partial charge on any atom is -0.870 e. The fourth-order valence-electron chi connectivity index (χ4n) is 4.80. The molecule has 0 saturated carbocycles. The first-order valence-electron chi connectivity index (χ1n) is 15.9. The third kappa shape index (κ3) is 10.7. The van der Waals surface area contributed by atoms with Gasteiger partial charge in [0.05, 0.1) is 72.6 Å². The van der Waals surface area contributed by atoms with Crippen LogP contribution in [0.1, 0.15) is 40.2 Å². The number of aromatic nitrogens is 2. The van der Waals surface area contributed by atoms with Crippen molar-refractivity contribution in [3.63, 3.8) is 0 Å². The Morgan fingerprint density at radius 1 is 0.917 bits per heavy atom. The summed E-state index contributed by atoms with van der Waals surface area (Å²) in [5.74, 6) is -1.87. The van der Waals surface area contributed by atoms with Crippen LogP contribution in [0.2, 0.25) is 0 Å². The number of quaternary nitrogens is 2. The van der Waals surface area contributed by atoms with E-state index in [0.717, 1.165) is 47.0 Å². The number of azo groups is 1. The van der Waals surface area contributed by atoms with Gasteiger partial charge < -0.3 is 33.8 Å². The molecule has 2 heterocycles. The number of aliphatic hydroxyl groups excluding tert-OH is 2. The number of aromatic carboxylic acids is 1. The number of fused-ring (bicyclic) bond motifs is 1. The van der Waals surface area contributed by atoms with Gasteiger partial charge in [-0.1, -0.05) is 23.9 Å². The van der Waals surface area contributed by atoms with Crippen LogP contribution < -0.4 is 10.7 Å². The van der Waals surface area contributed by atoms with Gasteiger partial charge in [-0.15, -0.1) is 5.11 Å². The molecule has 48 heavy (non-hydrogen) atoms. The summed E-state index contributed by atoms with van der Waals surface area (Å²) in [4.78, 5) is 24.1. The fraction of sp³-hybridized carbons (Fsp3) is 0.429. The molecular weight excluding hydrogens is 616 g/mol. The number of aliphatic hydroxyl groups is 2. The van der Waals surface area contributed by atoms with E-state index in [4.69, 9.17) is 19.7 Å². The van der Waals surface area contributed by atoms with E-state index in [2.05, 4.69) is 63.7 Å². The molecule has 0 amide bonds. The number of hydrogen-bond acceptors (Lipinski definition) is 8. The monoisotopic (exact) mass is 665 g/mol. The highest BCUT2D eigenvalue weighted by Crippen LogP contribution is 2.36. The molecule has 2 aromatic carbocycles. The Balaban J connectivity index is 0.000000376. The number of aryl methyl sites for hydroxylation is 3. The Morgan fingerprint density at radius 2 is 1.54 bits per heavy atom. The number of carboxylic acid groups (broad SMARTS) is 1. The lowest BCUT2D eigenvalue weighted by molar-refractivity contribution is -0.870. The summed E-state index contributed by atoms with van der Waals surface area (Å²) < 4.78 is 8.35. The van der Waals surface area contributed by atoms with Crippen molar-refractivity contribution in [1.82, 2.24) is 9.78 Å². The molecular formula is C35H49N6O7+. The molecule has 4 aromatic rings. The Kier molecular flexibility index (Phi) is 13.0. The lowest BCUT2D eigenvalue weighted by Gasteiger charge is -2.21. The summed E-state index contributed by atoms with van der Waals surface area (Å²) in [7, 11) is 12.3. The van der Waals surface area contributed by atoms with Crippen molar-refractivity contribution in [2.75, 3.05) is 68.6 Å². The average molecular weight is 666 g/mol. The number of carboxylic acids is 1. The molecule has 0 saturated heterocycles. The zero-order valence-corrected chi connectivity index (χ0v) is 29.0. The predicted octanol–water partition coefficient (Wildman–Crippen LogP) is 4.17. The SMILES string of the molecule is C[N+](C)(C)CCO.C[N+](C)(C)CCO.Cc1[nH]n(-c2ccc3c(c2)CCCC3)c(=O)c1N=Nc1cccc(-c2ccc(C(=O)O)o2)c1[O-]. The van der Waals surface area contributed by atoms with Crippen molar-refractivity contribution in [3.8, 4) is 22.8 Å². The first-order chi connectivity index (χ1) is 22.5. The molecule has 1 aliphatic rings. The Labute approximate surface area is 281 Å². The van der Waals surface area contributed by atoms with Crippen molar-refractivity contribution in [1.29, 1.82) is 0 Å². The zero-order valence-electron chi connectivity index (χ0n) is 29.0. The lowest BCUT2D eigenvalue weighted by atomic mass is 9.91. The van der Waals surface area contributed by atoms with Crippen molar-refractivity contribution in [3.05, 3.63) is 81.5 Å². The summed E-state index contributed by atoms with van der Waals surface area (Å²) in [6.07, 6.45) is 4.37. The van der Waals surface area contributed by atoms with Crippen LogP contribution in [0.25, 0.3) is 17.0 Å². The van der Waals surface area contributed by atoms with E-state index < -0.39 is 11.7 Å². The number of nitrogens with one attached hydrogen (secondary N) is 1. The molecule has 0 fully saturated rings. The van der Waals surface area contributed by atoms with Gasteiger partial charge in [-0.3, -0.25) is 9.89 Å². The second-order valence-electron chi connectivity index (χ2n) is 13.7. The van der Waals surface area contributed by atoms with Crippen LogP contribution in [-0.4, -0.2) is 109 Å². The van der Waals surface area contributed by atoms with E-state index in [9.17, 15) is 14.7 Å². The summed E-state index contributed by atoms with van der Waals surface area (Å²) in [6.45, 7) is 3.95. The molecule has 0 aliphatic heterocycles. The van der Waals surface area contributed by atoms with E-state index in [-0.39, 0.29) is 47.2 Å². The molecule has 1 aliphatic carbocycles. The molecule has 13 heteroatoms. The first kappa shape index (κ1) is 37.9. The van der Waals surface area contributed by atoms with Crippen molar-refractivity contribution in [2.45, 2.75) is 32.6 Å². The quantitative estimate of drug-likeness (QED) is 0.153. The standard InChI is InChI=1S/C25H22N4O5.2C5H14NO/c1-14-22(24(31)29(28-14)17-10-9-15-5-2-3-6-16(15)13-17)27-26-19-8-4-7-18(23(19)30)20-11-12-21(34-20)25(32)33;2*1-6(2,3)4-5-7/h4,7-13,28,30H,2-3,5-6H2,1H3,(H,32,33);2*7H,4-5H2,1-3H3/q;2*+1/p-1. The molecule has 260 valence electrons. The topological polar surface area (TPSA) is 176 Å². The summed E-state index contributed by atoms with van der Waals surface area (Å²) >= 11 is 0. The highest BCUT2D eigenvalue weighted by Gasteiger charge is 2.16. The van der Waals surface area contributed by atoms with Gasteiger partial charge in [0.25, 0.3) is 5.56 Å². The number of benzene rings is 2. The van der Waals surface area contributed by atoms with E-state index in [1.807, 2.05) is 12.1 Å². The number of rotatable bonds is 9. The summed E-state index contributed by atoms with van der Waals surface area (Å²) in [6, 6.07) is 13.3. The van der Waals surface area contributed by atoms with Crippen molar-refractivity contribution >= 4 is 17.3 Å². The maximum atomic E-state index is 13.0. The van der Waals surface area contributed by atoms with Gasteiger partial charge >= 0.3 is 5.97 Å². The minimum absolute atomic E-state index is 0.00565. The second kappa shape index (κ2) is 16.5. The maximum absolute atomic E-state index is 13.0. The minimum atomic E-state index is -1.23. The van der Waals surface area contributed by atoms with E-state index in [1.165, 1.54) is 46.5 Å². The number of hydrogen-bond donors (Lipinski definition) is 4. The number of carbonyl (C=O) groups is 1. The van der Waals surface area contributed by atoms with E-state index in [1.54, 1.807) is 13.0 Å². The van der Waals surface area contributed by atoms with Gasteiger partial charge in [-0.25, -0.2) is 9.48 Å². The number of nitrogens with zero attached hydrogens (tertiary/aromatic N) is 5. The molecule has 5 rings (SSSR count). The van der Waals surface area contributed by atoms with Gasteiger partial charge in [0.2, 0.25) is 5.76 Å². The summed E-state index contributed by atoms with van der Waals surface area (Å²) in [5.41, 5.74) is 3.73. The molecule has 0 spiro atoms. The predicted molar refractivity (Wildman–Crippen MR) is 182 cm³/mol. The smallest absolute Gasteiger partial charge is 0.371 e. The molecule has 0 atom stereocenters. The molecule has 4 N–H and O–H groups in total. The van der Waals surface area contributed by atoms with Gasteiger partial charge in [0.1, 0.15) is 18.8 Å². The van der Waals surface area contributed by atoms with Gasteiger partial charge in [0, 0.05) is 5.56 Å². The first-order valence-corrected chi connectivity index (χ1v) is 15.9. The van der Waals surface area contributed by atoms with Crippen LogP contribution in [0.15, 0.2) is 68.0 Å². The molecule has 0 bridgehead atoms. The number of para-hydroxylation sites is 1. The van der Waals surface area contributed by atoms with E-state index in [0.29, 0.717) is 5.69 Å². The third-order valence-electron chi connectivity index (χ3n) is 7.51. The Morgan fingerprint density at radius 3 is 2.08 bits per heavy atom. The normalized spacial score (nSPS) is 12.9. The summed E-state index contributed by atoms with van der Waals surface area (Å²) in [5, 5.41) is 49.8. The van der Waals surface area contributed by atoms with Gasteiger partial charge in [-0.05, 0) is 74.1 Å². The third-order valence-corrected chi connectivity index (χ3v) is 7.51. The fourth-order valence-corrected chi connectivity index (χ4v) is 4.80. The van der Waals surface area contributed by atoms with Crippen LogP contribution in [0.3, 0.4) is 0 Å². The van der Waals surface area contributed by atoms with Crippen LogP contribution in [0.4, 0.5) is 11.4 Å². The number of likely N-dealkylation sites (N-methyl/N-ethyl adjacent to an activating group) is 2. The molecule has 13 nitrogen and oxygen atoms in total. The highest BCUT2D eigenvalue weighted by molar-refractivity contribution is 5.85. The van der Waals surface area contributed by atoms with Crippen LogP contribution in [0, 0.1) is 6.92 Å². The highest BCUT2D eigenvalue weighted by atomic mass is 16.4. The van der Waals surface area contributed by atoms with Crippen molar-refractivity contribution in [2.24, 2.45) is 10.2 Å². The molecule has 0 unspecified atom stereocenters. The lowest BCUT2D eigenvalue weighted by Crippen LogP contribution is -2.36. The van der Waals surface area contributed by atoms with Gasteiger partial charge in [-0.2, -0.15) is 5.11 Å². The molecule has 2 aromatic heterocycles. The number of furan rings is 1. The maximum Gasteiger partial charge on any atom is 0.371 e. The van der Waals surface area contributed by atoms with E-state index >= 15 is 0 Å². The number of aromatic amines is 1. The van der Waals surface area contributed by atoms with Crippen LogP contribution in [0.5, 0.6) is 5.75 Å². The zero-order chi connectivity index (χ0) is 35.6.